The number of nitrogens with zero attached hydrogens (tertiary/aromatic N) is 2. The lowest BCUT2D eigenvalue weighted by Gasteiger charge is -2.15. The highest BCUT2D eigenvalue weighted by Gasteiger charge is 2.20. The zero-order chi connectivity index (χ0) is 14.7. The van der Waals surface area contributed by atoms with Crippen molar-refractivity contribution in [3.05, 3.63) is 46.4 Å². The Hall–Kier alpha value is -2.21. The first kappa shape index (κ1) is 14.2. The SMILES string of the molecule is CC(C)C(CN)c1ncc(-c2ccccc2[N+](=O)[O-])[nH]1. The zero-order valence-electron chi connectivity index (χ0n) is 11.5. The second kappa shape index (κ2) is 5.83. The van der Waals surface area contributed by atoms with Gasteiger partial charge >= 0.3 is 0 Å². The maximum atomic E-state index is 11.1. The van der Waals surface area contributed by atoms with Crippen molar-refractivity contribution in [3.63, 3.8) is 0 Å². The summed E-state index contributed by atoms with van der Waals surface area (Å²) in [5.74, 6) is 1.24. The van der Waals surface area contributed by atoms with Gasteiger partial charge in [0.05, 0.1) is 22.4 Å². The van der Waals surface area contributed by atoms with E-state index in [0.717, 1.165) is 5.82 Å². The Labute approximate surface area is 117 Å². The van der Waals surface area contributed by atoms with Gasteiger partial charge < -0.3 is 10.7 Å². The smallest absolute Gasteiger partial charge is 0.278 e. The topological polar surface area (TPSA) is 97.8 Å². The summed E-state index contributed by atoms with van der Waals surface area (Å²) in [7, 11) is 0. The molecule has 0 radical (unpaired) electrons. The molecule has 1 atom stereocenters. The molecule has 1 aromatic heterocycles. The van der Waals surface area contributed by atoms with E-state index < -0.39 is 4.92 Å². The zero-order valence-corrected chi connectivity index (χ0v) is 11.5. The third kappa shape index (κ3) is 2.70. The summed E-state index contributed by atoms with van der Waals surface area (Å²) in [5.41, 5.74) is 7.01. The van der Waals surface area contributed by atoms with Crippen LogP contribution in [0.3, 0.4) is 0 Å². The number of hydrogen-bond donors (Lipinski definition) is 2. The number of benzene rings is 1. The summed E-state index contributed by atoms with van der Waals surface area (Å²) in [4.78, 5) is 18.2. The molecular weight excluding hydrogens is 256 g/mol. The molecule has 0 saturated carbocycles. The van der Waals surface area contributed by atoms with Gasteiger partial charge in [0.1, 0.15) is 5.82 Å². The van der Waals surface area contributed by atoms with Gasteiger partial charge in [-0.2, -0.15) is 0 Å². The average Bonchev–Trinajstić information content (AvgIpc) is 2.88. The number of nitro benzene ring substituents is 1. The average molecular weight is 274 g/mol. The molecule has 0 fully saturated rings. The summed E-state index contributed by atoms with van der Waals surface area (Å²) in [6.07, 6.45) is 1.63. The molecule has 6 nitrogen and oxygen atoms in total. The predicted molar refractivity (Wildman–Crippen MR) is 77.3 cm³/mol. The van der Waals surface area contributed by atoms with Crippen LogP contribution in [0.25, 0.3) is 11.3 Å². The maximum Gasteiger partial charge on any atom is 0.278 e. The molecule has 0 amide bonds. The van der Waals surface area contributed by atoms with E-state index in [1.54, 1.807) is 24.4 Å². The lowest BCUT2D eigenvalue weighted by Crippen LogP contribution is -2.19. The fraction of sp³-hybridized carbons (Fsp3) is 0.357. The van der Waals surface area contributed by atoms with E-state index in [1.807, 2.05) is 0 Å². The fourth-order valence-corrected chi connectivity index (χ4v) is 2.22. The number of nitro groups is 1. The van der Waals surface area contributed by atoms with Crippen LogP contribution in [0.4, 0.5) is 5.69 Å². The molecule has 0 bridgehead atoms. The summed E-state index contributed by atoms with van der Waals surface area (Å²) in [6, 6.07) is 6.61. The van der Waals surface area contributed by atoms with E-state index in [2.05, 4.69) is 23.8 Å². The number of para-hydroxylation sites is 1. The number of imidazole rings is 1. The van der Waals surface area contributed by atoms with Gasteiger partial charge in [0.2, 0.25) is 0 Å². The van der Waals surface area contributed by atoms with E-state index in [9.17, 15) is 10.1 Å². The van der Waals surface area contributed by atoms with Crippen LogP contribution in [-0.4, -0.2) is 21.4 Å². The van der Waals surface area contributed by atoms with Crippen molar-refractivity contribution in [3.8, 4) is 11.3 Å². The van der Waals surface area contributed by atoms with Crippen molar-refractivity contribution in [1.29, 1.82) is 0 Å². The molecule has 1 unspecified atom stereocenters. The van der Waals surface area contributed by atoms with Crippen LogP contribution in [0.5, 0.6) is 0 Å². The minimum Gasteiger partial charge on any atom is -0.342 e. The van der Waals surface area contributed by atoms with Gasteiger partial charge in [0, 0.05) is 18.5 Å². The Morgan fingerprint density at radius 3 is 2.70 bits per heavy atom. The van der Waals surface area contributed by atoms with Crippen LogP contribution >= 0.6 is 0 Å². The molecule has 106 valence electrons. The van der Waals surface area contributed by atoms with Gasteiger partial charge in [0.15, 0.2) is 0 Å². The molecule has 0 spiro atoms. The van der Waals surface area contributed by atoms with Gasteiger partial charge in [-0.3, -0.25) is 10.1 Å². The number of hydrogen-bond acceptors (Lipinski definition) is 4. The van der Waals surface area contributed by atoms with Crippen molar-refractivity contribution < 1.29 is 4.92 Å². The third-order valence-electron chi connectivity index (χ3n) is 3.40. The maximum absolute atomic E-state index is 11.1. The lowest BCUT2D eigenvalue weighted by molar-refractivity contribution is -0.384. The Morgan fingerprint density at radius 2 is 2.10 bits per heavy atom. The van der Waals surface area contributed by atoms with E-state index in [4.69, 9.17) is 5.73 Å². The molecule has 20 heavy (non-hydrogen) atoms. The Morgan fingerprint density at radius 1 is 1.40 bits per heavy atom. The monoisotopic (exact) mass is 274 g/mol. The number of nitrogens with one attached hydrogen (secondary N) is 1. The van der Waals surface area contributed by atoms with Crippen molar-refractivity contribution in [2.45, 2.75) is 19.8 Å². The minimum absolute atomic E-state index is 0.0662. The van der Waals surface area contributed by atoms with Crippen LogP contribution in [0, 0.1) is 16.0 Å². The van der Waals surface area contributed by atoms with Crippen LogP contribution in [-0.2, 0) is 0 Å². The van der Waals surface area contributed by atoms with Gasteiger partial charge in [0.25, 0.3) is 5.69 Å². The molecule has 1 aromatic carbocycles. The quantitative estimate of drug-likeness (QED) is 0.647. The molecule has 2 rings (SSSR count). The van der Waals surface area contributed by atoms with E-state index in [-0.39, 0.29) is 11.6 Å². The number of rotatable bonds is 5. The standard InChI is InChI=1S/C14H18N4O2/c1-9(2)11(7-15)14-16-8-12(17-14)10-5-3-4-6-13(10)18(19)20/h3-6,8-9,11H,7,15H2,1-2H3,(H,16,17). The Kier molecular flexibility index (Phi) is 4.14. The lowest BCUT2D eigenvalue weighted by atomic mass is 9.95. The molecular formula is C14H18N4O2. The van der Waals surface area contributed by atoms with Crippen molar-refractivity contribution in [2.75, 3.05) is 6.54 Å². The second-order valence-corrected chi connectivity index (χ2v) is 5.04. The molecule has 3 N–H and O–H groups in total. The summed E-state index contributed by atoms with van der Waals surface area (Å²) in [6.45, 7) is 4.64. The van der Waals surface area contributed by atoms with Crippen LogP contribution in [0.1, 0.15) is 25.6 Å². The van der Waals surface area contributed by atoms with Crippen LogP contribution in [0.15, 0.2) is 30.5 Å². The largest absolute Gasteiger partial charge is 0.342 e. The van der Waals surface area contributed by atoms with Crippen molar-refractivity contribution in [1.82, 2.24) is 9.97 Å². The van der Waals surface area contributed by atoms with Crippen molar-refractivity contribution in [2.24, 2.45) is 11.7 Å². The van der Waals surface area contributed by atoms with E-state index in [0.29, 0.717) is 23.7 Å². The molecule has 0 saturated heterocycles. The second-order valence-electron chi connectivity index (χ2n) is 5.04. The van der Waals surface area contributed by atoms with Crippen LogP contribution < -0.4 is 5.73 Å². The van der Waals surface area contributed by atoms with Gasteiger partial charge in [-0.25, -0.2) is 4.98 Å². The fourth-order valence-electron chi connectivity index (χ4n) is 2.22. The summed E-state index contributed by atoms with van der Waals surface area (Å²) >= 11 is 0. The molecule has 2 aromatic rings. The van der Waals surface area contributed by atoms with Gasteiger partial charge in [-0.15, -0.1) is 0 Å². The first-order valence-electron chi connectivity index (χ1n) is 6.53. The third-order valence-corrected chi connectivity index (χ3v) is 3.40. The molecule has 6 heteroatoms. The van der Waals surface area contributed by atoms with Crippen LogP contribution in [0.2, 0.25) is 0 Å². The Balaban J connectivity index is 2.41. The summed E-state index contributed by atoms with van der Waals surface area (Å²) in [5, 5.41) is 11.1. The number of aromatic amines is 1. The summed E-state index contributed by atoms with van der Waals surface area (Å²) < 4.78 is 0. The molecule has 0 aliphatic carbocycles. The highest BCUT2D eigenvalue weighted by atomic mass is 16.6. The molecule has 0 aliphatic heterocycles. The number of nitrogens with two attached hydrogens (primary N) is 1. The highest BCUT2D eigenvalue weighted by molar-refractivity contribution is 5.70. The normalized spacial score (nSPS) is 12.6. The number of H-pyrrole nitrogens is 1. The first-order chi connectivity index (χ1) is 9.54. The van der Waals surface area contributed by atoms with E-state index >= 15 is 0 Å². The predicted octanol–water partition coefficient (Wildman–Crippen LogP) is 2.68. The van der Waals surface area contributed by atoms with Gasteiger partial charge in [-0.1, -0.05) is 26.0 Å². The minimum atomic E-state index is -0.390. The molecule has 0 aliphatic rings. The highest BCUT2D eigenvalue weighted by Crippen LogP contribution is 2.30. The number of aromatic nitrogens is 2. The van der Waals surface area contributed by atoms with Gasteiger partial charge in [-0.05, 0) is 12.0 Å². The van der Waals surface area contributed by atoms with Crippen molar-refractivity contribution >= 4 is 5.69 Å². The Bertz CT molecular complexity index is 607. The van der Waals surface area contributed by atoms with E-state index in [1.165, 1.54) is 6.07 Å². The molecule has 1 heterocycles. The first-order valence-corrected chi connectivity index (χ1v) is 6.53.